The highest BCUT2D eigenvalue weighted by atomic mass is 19.3. The number of hydrogen-bond donors (Lipinski definition) is 2. The largest absolute Gasteiger partial charge is 0.435 e. The van der Waals surface area contributed by atoms with Crippen LogP contribution in [0.25, 0.3) is 11.1 Å². The summed E-state index contributed by atoms with van der Waals surface area (Å²) in [6, 6.07) is 14.9. The van der Waals surface area contributed by atoms with E-state index in [9.17, 15) is 8.78 Å². The number of para-hydroxylation sites is 1. The zero-order valence-electron chi connectivity index (χ0n) is 13.7. The van der Waals surface area contributed by atoms with E-state index >= 15 is 0 Å². The average Bonchev–Trinajstić information content (AvgIpc) is 3.15. The molecule has 0 amide bonds. The first kappa shape index (κ1) is 17.1. The van der Waals surface area contributed by atoms with Crippen LogP contribution < -0.4 is 10.1 Å². The van der Waals surface area contributed by atoms with E-state index in [1.54, 1.807) is 18.3 Å². The molecular weight excluding hydrogens is 324 g/mol. The highest BCUT2D eigenvalue weighted by molar-refractivity contribution is 5.62. The number of ether oxygens (including phenoxy) is 1. The Morgan fingerprint density at radius 2 is 1.84 bits per heavy atom. The number of benzene rings is 2. The molecule has 0 aliphatic carbocycles. The number of likely N-dealkylation sites (N-methyl/N-ethyl adjacent to an activating group) is 1. The molecule has 1 unspecified atom stereocenters. The zero-order valence-corrected chi connectivity index (χ0v) is 13.7. The monoisotopic (exact) mass is 343 g/mol. The second-order valence-electron chi connectivity index (χ2n) is 5.64. The van der Waals surface area contributed by atoms with Crippen molar-refractivity contribution in [2.45, 2.75) is 12.5 Å². The molecule has 130 valence electrons. The molecule has 0 aliphatic heterocycles. The van der Waals surface area contributed by atoms with Gasteiger partial charge in [-0.1, -0.05) is 42.5 Å². The lowest BCUT2D eigenvalue weighted by Gasteiger charge is -2.21. The van der Waals surface area contributed by atoms with Crippen molar-refractivity contribution >= 4 is 0 Å². The number of hydrogen-bond acceptors (Lipinski definition) is 3. The number of nitrogens with zero attached hydrogens (tertiary/aromatic N) is 1. The summed E-state index contributed by atoms with van der Waals surface area (Å²) in [5, 5.41) is 9.87. The van der Waals surface area contributed by atoms with Crippen molar-refractivity contribution in [2.75, 3.05) is 13.6 Å². The lowest BCUT2D eigenvalue weighted by Crippen LogP contribution is -2.19. The van der Waals surface area contributed by atoms with E-state index in [4.69, 9.17) is 4.74 Å². The van der Waals surface area contributed by atoms with Gasteiger partial charge in [-0.3, -0.25) is 5.10 Å². The molecule has 0 fully saturated rings. The molecule has 0 spiro atoms. The molecule has 1 heterocycles. The Hall–Kier alpha value is -2.73. The summed E-state index contributed by atoms with van der Waals surface area (Å²) in [6.45, 7) is -2.24. The number of H-pyrrole nitrogens is 1. The summed E-state index contributed by atoms with van der Waals surface area (Å²) in [5.41, 5.74) is 3.79. The predicted octanol–water partition coefficient (Wildman–Crippen LogP) is 4.03. The second kappa shape index (κ2) is 7.90. The topological polar surface area (TPSA) is 49.9 Å². The van der Waals surface area contributed by atoms with Crippen LogP contribution in [0.4, 0.5) is 8.78 Å². The standard InChI is InChI=1S/C19H19F2N3O/c1-22-12-17(16-4-2-3-5-18(16)25-19(20)21)14-8-6-13(7-9-14)15-10-23-24-11-15/h2-11,17,19,22H,12H2,1H3,(H,23,24). The Morgan fingerprint density at radius 3 is 2.48 bits per heavy atom. The summed E-state index contributed by atoms with van der Waals surface area (Å²) < 4.78 is 30.1. The van der Waals surface area contributed by atoms with E-state index in [1.807, 2.05) is 49.6 Å². The van der Waals surface area contributed by atoms with Gasteiger partial charge in [-0.2, -0.15) is 13.9 Å². The third-order valence-electron chi connectivity index (χ3n) is 4.06. The van der Waals surface area contributed by atoms with Gasteiger partial charge in [-0.25, -0.2) is 0 Å². The van der Waals surface area contributed by atoms with Gasteiger partial charge in [0.05, 0.1) is 6.20 Å². The molecule has 3 aromatic rings. The first-order valence-corrected chi connectivity index (χ1v) is 7.96. The van der Waals surface area contributed by atoms with Crippen LogP contribution in [0.5, 0.6) is 5.75 Å². The molecule has 0 aliphatic rings. The highest BCUT2D eigenvalue weighted by Gasteiger charge is 2.19. The minimum atomic E-state index is -2.85. The Labute approximate surface area is 144 Å². The molecule has 4 nitrogen and oxygen atoms in total. The zero-order chi connectivity index (χ0) is 17.6. The molecule has 2 N–H and O–H groups in total. The van der Waals surface area contributed by atoms with Crippen molar-refractivity contribution < 1.29 is 13.5 Å². The lowest BCUT2D eigenvalue weighted by molar-refractivity contribution is -0.0505. The molecule has 1 aromatic heterocycles. The number of alkyl halides is 2. The Morgan fingerprint density at radius 1 is 1.08 bits per heavy atom. The molecule has 25 heavy (non-hydrogen) atoms. The summed E-state index contributed by atoms with van der Waals surface area (Å²) in [4.78, 5) is 0. The van der Waals surface area contributed by atoms with Crippen molar-refractivity contribution in [3.8, 4) is 16.9 Å². The Balaban J connectivity index is 1.94. The number of halogens is 2. The third-order valence-corrected chi connectivity index (χ3v) is 4.06. The number of aromatic amines is 1. The molecule has 3 rings (SSSR count). The van der Waals surface area contributed by atoms with Crippen LogP contribution >= 0.6 is 0 Å². The smallest absolute Gasteiger partial charge is 0.387 e. The quantitative estimate of drug-likeness (QED) is 0.681. The van der Waals surface area contributed by atoms with Gasteiger partial charge in [0.2, 0.25) is 0 Å². The third kappa shape index (κ3) is 4.03. The first-order chi connectivity index (χ1) is 12.2. The minimum absolute atomic E-state index is 0.0988. The van der Waals surface area contributed by atoms with Gasteiger partial charge in [0.25, 0.3) is 0 Å². The molecule has 6 heteroatoms. The lowest BCUT2D eigenvalue weighted by atomic mass is 9.89. The molecule has 0 saturated heterocycles. The highest BCUT2D eigenvalue weighted by Crippen LogP contribution is 2.33. The molecular formula is C19H19F2N3O. The van der Waals surface area contributed by atoms with Gasteiger partial charge in [0, 0.05) is 29.8 Å². The number of aromatic nitrogens is 2. The maximum absolute atomic E-state index is 12.7. The fourth-order valence-corrected chi connectivity index (χ4v) is 2.90. The van der Waals surface area contributed by atoms with Gasteiger partial charge < -0.3 is 10.1 Å². The van der Waals surface area contributed by atoms with Crippen molar-refractivity contribution in [3.63, 3.8) is 0 Å². The molecule has 2 aromatic carbocycles. The Bertz CT molecular complexity index is 789. The summed E-state index contributed by atoms with van der Waals surface area (Å²) >= 11 is 0. The molecule has 0 bridgehead atoms. The van der Waals surface area contributed by atoms with Gasteiger partial charge in [0.1, 0.15) is 5.75 Å². The minimum Gasteiger partial charge on any atom is -0.435 e. The first-order valence-electron chi connectivity index (χ1n) is 7.96. The predicted molar refractivity (Wildman–Crippen MR) is 92.9 cm³/mol. The summed E-state index contributed by atoms with van der Waals surface area (Å²) in [7, 11) is 1.84. The van der Waals surface area contributed by atoms with E-state index in [0.29, 0.717) is 6.54 Å². The van der Waals surface area contributed by atoms with Crippen LogP contribution in [0.1, 0.15) is 17.0 Å². The van der Waals surface area contributed by atoms with Crippen molar-refractivity contribution in [1.29, 1.82) is 0 Å². The van der Waals surface area contributed by atoms with Crippen LogP contribution in [-0.4, -0.2) is 30.4 Å². The second-order valence-corrected chi connectivity index (χ2v) is 5.64. The van der Waals surface area contributed by atoms with Crippen LogP contribution in [0, 0.1) is 0 Å². The van der Waals surface area contributed by atoms with Gasteiger partial charge in [-0.05, 0) is 24.2 Å². The van der Waals surface area contributed by atoms with Crippen LogP contribution in [-0.2, 0) is 0 Å². The SMILES string of the molecule is CNCC(c1ccc(-c2cn[nH]c2)cc1)c1ccccc1OC(F)F. The van der Waals surface area contributed by atoms with Crippen molar-refractivity contribution in [2.24, 2.45) is 0 Å². The fraction of sp³-hybridized carbons (Fsp3) is 0.211. The average molecular weight is 343 g/mol. The van der Waals surface area contributed by atoms with Gasteiger partial charge in [-0.15, -0.1) is 0 Å². The van der Waals surface area contributed by atoms with Gasteiger partial charge in [0.15, 0.2) is 0 Å². The van der Waals surface area contributed by atoms with E-state index in [1.165, 1.54) is 0 Å². The van der Waals surface area contributed by atoms with Crippen molar-refractivity contribution in [1.82, 2.24) is 15.5 Å². The summed E-state index contributed by atoms with van der Waals surface area (Å²) in [6.07, 6.45) is 3.58. The maximum atomic E-state index is 12.7. The number of nitrogens with one attached hydrogen (secondary N) is 2. The Kier molecular flexibility index (Phi) is 5.40. The van der Waals surface area contributed by atoms with Crippen molar-refractivity contribution in [3.05, 3.63) is 72.1 Å². The van der Waals surface area contributed by atoms with Crippen LogP contribution in [0.2, 0.25) is 0 Å². The van der Waals surface area contributed by atoms with E-state index in [0.717, 1.165) is 22.3 Å². The molecule has 0 saturated carbocycles. The van der Waals surface area contributed by atoms with E-state index in [2.05, 4.69) is 15.5 Å². The summed E-state index contributed by atoms with van der Waals surface area (Å²) in [5.74, 6) is 0.106. The molecule has 0 radical (unpaired) electrons. The van der Waals surface area contributed by atoms with Crippen LogP contribution in [0.3, 0.4) is 0 Å². The van der Waals surface area contributed by atoms with E-state index in [-0.39, 0.29) is 11.7 Å². The fourth-order valence-electron chi connectivity index (χ4n) is 2.90. The van der Waals surface area contributed by atoms with Crippen LogP contribution in [0.15, 0.2) is 60.9 Å². The van der Waals surface area contributed by atoms with Gasteiger partial charge >= 0.3 is 6.61 Å². The number of rotatable bonds is 7. The normalized spacial score (nSPS) is 12.3. The molecule has 1 atom stereocenters. The van der Waals surface area contributed by atoms with E-state index < -0.39 is 6.61 Å². The maximum Gasteiger partial charge on any atom is 0.387 e.